The van der Waals surface area contributed by atoms with E-state index in [4.69, 9.17) is 33.7 Å². The number of aromatic nitrogens is 3. The van der Waals surface area contributed by atoms with Crippen LogP contribution in [0.3, 0.4) is 0 Å². The lowest BCUT2D eigenvalue weighted by Crippen LogP contribution is -2.14. The molecule has 3 heterocycles. The molecule has 0 bridgehead atoms. The smallest absolute Gasteiger partial charge is 0.162 e. The highest BCUT2D eigenvalue weighted by molar-refractivity contribution is 7.81. The van der Waals surface area contributed by atoms with E-state index in [1.165, 1.54) is 5.56 Å². The molecule has 0 spiro atoms. The van der Waals surface area contributed by atoms with E-state index in [0.717, 1.165) is 71.1 Å². The lowest BCUT2D eigenvalue weighted by atomic mass is 9.98. The molecule has 2 aromatic heterocycles. The third kappa shape index (κ3) is 3.96. The molecule has 36 heavy (non-hydrogen) atoms. The highest BCUT2D eigenvalue weighted by Crippen LogP contribution is 2.39. The van der Waals surface area contributed by atoms with Gasteiger partial charge in [-0.2, -0.15) is 0 Å². The van der Waals surface area contributed by atoms with E-state index in [2.05, 4.69) is 34.1 Å². The quantitative estimate of drug-likeness (QED) is 0.252. The van der Waals surface area contributed by atoms with Gasteiger partial charge in [-0.3, -0.25) is 0 Å². The van der Waals surface area contributed by atoms with Crippen LogP contribution >= 0.6 is 23.8 Å². The van der Waals surface area contributed by atoms with Gasteiger partial charge >= 0.3 is 0 Å². The normalized spacial score (nSPS) is 12.9. The number of halogens is 1. The maximum absolute atomic E-state index is 6.24. The first-order chi connectivity index (χ1) is 17.6. The van der Waals surface area contributed by atoms with Gasteiger partial charge in [-0.1, -0.05) is 54.2 Å². The van der Waals surface area contributed by atoms with E-state index in [9.17, 15) is 0 Å². The third-order valence-corrected chi connectivity index (χ3v) is 7.26. The maximum Gasteiger partial charge on any atom is 0.162 e. The van der Waals surface area contributed by atoms with E-state index in [-0.39, 0.29) is 0 Å². The summed E-state index contributed by atoms with van der Waals surface area (Å²) in [6.07, 6.45) is 3.15. The number of anilines is 1. The average molecular weight is 513 g/mol. The second-order valence-corrected chi connectivity index (χ2v) is 9.77. The summed E-state index contributed by atoms with van der Waals surface area (Å²) in [4.78, 5) is 0.638. The van der Waals surface area contributed by atoms with Crippen LogP contribution in [0, 0.1) is 0 Å². The Hall–Kier alpha value is -3.61. The maximum atomic E-state index is 6.24. The van der Waals surface area contributed by atoms with E-state index < -0.39 is 0 Å². The molecule has 1 aliphatic heterocycles. The van der Waals surface area contributed by atoms with Gasteiger partial charge in [-0.05, 0) is 73.4 Å². The van der Waals surface area contributed by atoms with Gasteiger partial charge in [0.25, 0.3) is 0 Å². The summed E-state index contributed by atoms with van der Waals surface area (Å²) in [6, 6.07) is 26.1. The number of ether oxygens (including phenoxy) is 1. The molecule has 0 amide bonds. The second-order valence-electron chi connectivity index (χ2n) is 8.93. The summed E-state index contributed by atoms with van der Waals surface area (Å²) in [5, 5.41) is 9.32. The minimum absolute atomic E-state index is 0.638. The molecule has 180 valence electrons. The summed E-state index contributed by atoms with van der Waals surface area (Å²) in [6.45, 7) is 0.903. The molecule has 5 aromatic rings. The zero-order valence-corrected chi connectivity index (χ0v) is 21.4. The molecule has 7 heteroatoms. The van der Waals surface area contributed by atoms with Gasteiger partial charge in [0.15, 0.2) is 5.82 Å². The van der Waals surface area contributed by atoms with Crippen molar-refractivity contribution in [1.82, 2.24) is 14.2 Å². The van der Waals surface area contributed by atoms with Gasteiger partial charge in [0.05, 0.1) is 7.11 Å². The standard InChI is InChI=1S/C29H25ClN4OS/c1-35-23-16-12-20(13-17-23)27-32-34-26(28(36)31-22-7-3-2-4-8-22)25(19-10-14-21(30)15-11-19)24-9-5-6-18-33(27)29(24)34/h2-4,7-8,10-17H,5-6,9,18H2,1H3,(H,31,36). The Morgan fingerprint density at radius 3 is 2.39 bits per heavy atom. The molecule has 0 saturated heterocycles. The van der Waals surface area contributed by atoms with Crippen molar-refractivity contribution >= 4 is 40.1 Å². The zero-order chi connectivity index (χ0) is 24.6. The Bertz CT molecular complexity index is 1550. The molecule has 1 aliphatic rings. The molecule has 0 atom stereocenters. The van der Waals surface area contributed by atoms with Crippen LogP contribution in [-0.2, 0) is 13.0 Å². The first-order valence-corrected chi connectivity index (χ1v) is 12.8. The number of methoxy groups -OCH3 is 1. The molecule has 6 rings (SSSR count). The summed E-state index contributed by atoms with van der Waals surface area (Å²) in [5.41, 5.74) is 7.49. The van der Waals surface area contributed by atoms with Crippen molar-refractivity contribution in [2.75, 3.05) is 12.4 Å². The van der Waals surface area contributed by atoms with Crippen molar-refractivity contribution in [2.45, 2.75) is 25.8 Å². The zero-order valence-electron chi connectivity index (χ0n) is 19.9. The molecule has 0 fully saturated rings. The van der Waals surface area contributed by atoms with Gasteiger partial charge in [-0.15, -0.1) is 5.10 Å². The van der Waals surface area contributed by atoms with Crippen molar-refractivity contribution in [3.8, 4) is 28.3 Å². The van der Waals surface area contributed by atoms with Crippen molar-refractivity contribution < 1.29 is 4.74 Å². The van der Waals surface area contributed by atoms with E-state index in [1.807, 2.05) is 59.1 Å². The fourth-order valence-electron chi connectivity index (χ4n) is 5.04. The first kappa shape index (κ1) is 22.8. The molecule has 0 radical (unpaired) electrons. The number of hydrogen-bond donors (Lipinski definition) is 1. The Morgan fingerprint density at radius 1 is 0.944 bits per heavy atom. The van der Waals surface area contributed by atoms with Gasteiger partial charge in [0.1, 0.15) is 22.1 Å². The molecule has 0 aliphatic carbocycles. The van der Waals surface area contributed by atoms with E-state index in [1.54, 1.807) is 7.11 Å². The van der Waals surface area contributed by atoms with Crippen molar-refractivity contribution in [3.05, 3.63) is 95.1 Å². The van der Waals surface area contributed by atoms with Crippen LogP contribution in [0.4, 0.5) is 5.69 Å². The van der Waals surface area contributed by atoms with Crippen LogP contribution in [0.1, 0.15) is 24.1 Å². The SMILES string of the molecule is COc1ccc(-c2nn3c(C(=S)Nc4ccccc4)c(-c4ccc(Cl)cc4)c4c3n2CCCC4)cc1. The Kier molecular flexibility index (Phi) is 5.99. The summed E-state index contributed by atoms with van der Waals surface area (Å²) >= 11 is 12.3. The number of thiocarbonyl (C=S) groups is 1. The monoisotopic (exact) mass is 512 g/mol. The topological polar surface area (TPSA) is 43.5 Å². The predicted molar refractivity (Wildman–Crippen MR) is 150 cm³/mol. The van der Waals surface area contributed by atoms with Gasteiger partial charge < -0.3 is 14.6 Å². The predicted octanol–water partition coefficient (Wildman–Crippen LogP) is 7.26. The van der Waals surface area contributed by atoms with Crippen LogP contribution in [-0.4, -0.2) is 26.3 Å². The minimum atomic E-state index is 0.638. The number of nitrogens with zero attached hydrogens (tertiary/aromatic N) is 3. The number of rotatable bonds is 5. The lowest BCUT2D eigenvalue weighted by molar-refractivity contribution is 0.415. The van der Waals surface area contributed by atoms with Crippen LogP contribution in [0.15, 0.2) is 78.9 Å². The number of benzene rings is 3. The van der Waals surface area contributed by atoms with E-state index >= 15 is 0 Å². The number of aryl methyl sites for hydroxylation is 2. The summed E-state index contributed by atoms with van der Waals surface area (Å²) < 4.78 is 9.76. The van der Waals surface area contributed by atoms with Gasteiger partial charge in [-0.25, -0.2) is 4.52 Å². The van der Waals surface area contributed by atoms with Crippen molar-refractivity contribution in [3.63, 3.8) is 0 Å². The molecule has 0 saturated carbocycles. The molecular formula is C29H25ClN4OS. The van der Waals surface area contributed by atoms with Crippen LogP contribution in [0.2, 0.25) is 5.02 Å². The highest BCUT2D eigenvalue weighted by Gasteiger charge is 2.29. The highest BCUT2D eigenvalue weighted by atomic mass is 35.5. The van der Waals surface area contributed by atoms with Gasteiger partial charge in [0.2, 0.25) is 0 Å². The summed E-state index contributed by atoms with van der Waals surface area (Å²) in [7, 11) is 1.68. The van der Waals surface area contributed by atoms with Gasteiger partial charge in [0, 0.05) is 33.9 Å². The molecule has 5 nitrogen and oxygen atoms in total. The van der Waals surface area contributed by atoms with Crippen LogP contribution in [0.5, 0.6) is 5.75 Å². The number of para-hydroxylation sites is 1. The molecule has 0 unspecified atom stereocenters. The lowest BCUT2D eigenvalue weighted by Gasteiger charge is -2.12. The van der Waals surface area contributed by atoms with Crippen molar-refractivity contribution in [1.29, 1.82) is 0 Å². The summed E-state index contributed by atoms with van der Waals surface area (Å²) in [5.74, 6) is 1.76. The third-order valence-electron chi connectivity index (χ3n) is 6.71. The Morgan fingerprint density at radius 2 is 1.67 bits per heavy atom. The largest absolute Gasteiger partial charge is 0.497 e. The Balaban J connectivity index is 1.60. The first-order valence-electron chi connectivity index (χ1n) is 12.0. The molecule has 1 N–H and O–H groups in total. The minimum Gasteiger partial charge on any atom is -0.497 e. The Labute approximate surface area is 220 Å². The molecule has 3 aromatic carbocycles. The number of hydrogen-bond acceptors (Lipinski definition) is 3. The molecular weight excluding hydrogens is 488 g/mol. The fraction of sp³-hybridized carbons (Fsp3) is 0.172. The number of nitrogens with one attached hydrogen (secondary N) is 1. The van der Waals surface area contributed by atoms with E-state index in [0.29, 0.717) is 10.0 Å². The van der Waals surface area contributed by atoms with Crippen LogP contribution < -0.4 is 10.1 Å². The van der Waals surface area contributed by atoms with Crippen LogP contribution in [0.25, 0.3) is 28.2 Å². The fourth-order valence-corrected chi connectivity index (χ4v) is 5.47. The average Bonchev–Trinajstić information content (AvgIpc) is 3.32. The van der Waals surface area contributed by atoms with Crippen molar-refractivity contribution in [2.24, 2.45) is 0 Å². The second kappa shape index (κ2) is 9.45.